The number of carbonyl (C=O) groups is 1. The van der Waals surface area contributed by atoms with Crippen LogP contribution in [0.5, 0.6) is 5.75 Å². The van der Waals surface area contributed by atoms with E-state index >= 15 is 0 Å². The normalized spacial score (nSPS) is 21.1. The van der Waals surface area contributed by atoms with E-state index in [1.165, 1.54) is 4.90 Å². The number of nitriles is 1. The van der Waals surface area contributed by atoms with Gasteiger partial charge in [-0.05, 0) is 22.0 Å². The molecule has 22 heavy (non-hydrogen) atoms. The Hall–Kier alpha value is -1.49. The SMILES string of the molecule is N#Cc1cc(Br)c(Cl)c2c1CN1CCN(C(=O)O)C[C@@H]1CO2. The number of rotatable bonds is 0. The first-order chi connectivity index (χ1) is 10.5. The summed E-state index contributed by atoms with van der Waals surface area (Å²) in [4.78, 5) is 14.7. The summed E-state index contributed by atoms with van der Waals surface area (Å²) in [5.74, 6) is 0.517. The highest BCUT2D eigenvalue weighted by atomic mass is 79.9. The highest BCUT2D eigenvalue weighted by molar-refractivity contribution is 9.10. The van der Waals surface area contributed by atoms with E-state index in [-0.39, 0.29) is 6.04 Å². The Morgan fingerprint density at radius 1 is 1.55 bits per heavy atom. The number of amides is 1. The van der Waals surface area contributed by atoms with E-state index in [4.69, 9.17) is 21.4 Å². The second kappa shape index (κ2) is 5.95. The van der Waals surface area contributed by atoms with Crippen molar-refractivity contribution < 1.29 is 14.6 Å². The summed E-state index contributed by atoms with van der Waals surface area (Å²) in [6.07, 6.45) is -0.917. The molecule has 6 nitrogen and oxygen atoms in total. The van der Waals surface area contributed by atoms with Crippen molar-refractivity contribution in [3.8, 4) is 11.8 Å². The third kappa shape index (κ3) is 2.62. The number of ether oxygens (including phenoxy) is 1. The summed E-state index contributed by atoms with van der Waals surface area (Å²) in [5, 5.41) is 18.9. The van der Waals surface area contributed by atoms with E-state index < -0.39 is 6.09 Å². The van der Waals surface area contributed by atoms with Gasteiger partial charge in [-0.3, -0.25) is 4.90 Å². The second-order valence-electron chi connectivity index (χ2n) is 5.30. The Labute approximate surface area is 140 Å². The molecule has 2 aliphatic heterocycles. The van der Waals surface area contributed by atoms with Gasteiger partial charge in [-0.15, -0.1) is 0 Å². The predicted octanol–water partition coefficient (Wildman–Crippen LogP) is 2.53. The van der Waals surface area contributed by atoms with Crippen molar-refractivity contribution in [2.45, 2.75) is 12.6 Å². The molecule has 1 amide bonds. The molecule has 1 fully saturated rings. The van der Waals surface area contributed by atoms with Crippen LogP contribution in [-0.2, 0) is 6.54 Å². The second-order valence-corrected chi connectivity index (χ2v) is 6.54. The van der Waals surface area contributed by atoms with Crippen LogP contribution in [0.25, 0.3) is 0 Å². The quantitative estimate of drug-likeness (QED) is 0.741. The van der Waals surface area contributed by atoms with Gasteiger partial charge in [0.1, 0.15) is 12.4 Å². The van der Waals surface area contributed by atoms with Crippen LogP contribution in [0.1, 0.15) is 11.1 Å². The predicted molar refractivity (Wildman–Crippen MR) is 83.2 cm³/mol. The van der Waals surface area contributed by atoms with Gasteiger partial charge >= 0.3 is 6.09 Å². The zero-order valence-electron chi connectivity index (χ0n) is 11.6. The molecule has 0 saturated carbocycles. The summed E-state index contributed by atoms with van der Waals surface area (Å²) in [5.41, 5.74) is 1.29. The van der Waals surface area contributed by atoms with Crippen LogP contribution >= 0.6 is 27.5 Å². The molecule has 0 bridgehead atoms. The van der Waals surface area contributed by atoms with Crippen LogP contribution in [0.3, 0.4) is 0 Å². The number of hydrogen-bond acceptors (Lipinski definition) is 4. The molecule has 1 saturated heterocycles. The summed E-state index contributed by atoms with van der Waals surface area (Å²) >= 11 is 9.62. The number of hydrogen-bond donors (Lipinski definition) is 1. The molecule has 0 unspecified atom stereocenters. The summed E-state index contributed by atoms with van der Waals surface area (Å²) < 4.78 is 6.45. The lowest BCUT2D eigenvalue weighted by molar-refractivity contribution is 0.0503. The van der Waals surface area contributed by atoms with Crippen LogP contribution in [0.2, 0.25) is 5.02 Å². The molecule has 8 heteroatoms. The van der Waals surface area contributed by atoms with Crippen molar-refractivity contribution >= 4 is 33.6 Å². The van der Waals surface area contributed by atoms with E-state index in [9.17, 15) is 10.1 Å². The van der Waals surface area contributed by atoms with Crippen LogP contribution in [0, 0.1) is 11.3 Å². The van der Waals surface area contributed by atoms with Crippen LogP contribution in [0.15, 0.2) is 10.5 Å². The topological polar surface area (TPSA) is 76.8 Å². The Bertz CT molecular complexity index is 676. The standard InChI is InChI=1S/C14H13BrClN3O3/c15-11-3-8(4-17)10-6-18-1-2-19(14(20)21)5-9(18)7-22-13(10)12(11)16/h3,9H,1-2,5-7H2,(H,20,21)/t9-/m1/s1. The Kier molecular flexibility index (Phi) is 4.17. The van der Waals surface area contributed by atoms with Gasteiger partial charge in [0.2, 0.25) is 0 Å². The molecule has 0 spiro atoms. The van der Waals surface area contributed by atoms with E-state index in [1.807, 2.05) is 0 Å². The van der Waals surface area contributed by atoms with E-state index in [1.54, 1.807) is 6.07 Å². The number of carboxylic acid groups (broad SMARTS) is 1. The molecule has 0 aliphatic carbocycles. The molecular formula is C14H13BrClN3O3. The molecule has 2 heterocycles. The maximum atomic E-state index is 11.1. The summed E-state index contributed by atoms with van der Waals surface area (Å²) in [6, 6.07) is 3.82. The van der Waals surface area contributed by atoms with Gasteiger partial charge in [-0.25, -0.2) is 4.79 Å². The van der Waals surface area contributed by atoms with Crippen LogP contribution in [0.4, 0.5) is 4.79 Å². The lowest BCUT2D eigenvalue weighted by Gasteiger charge is -2.38. The molecule has 3 rings (SSSR count). The minimum Gasteiger partial charge on any atom is -0.490 e. The maximum absolute atomic E-state index is 11.1. The Balaban J connectivity index is 1.94. The maximum Gasteiger partial charge on any atom is 0.407 e. The highest BCUT2D eigenvalue weighted by Crippen LogP contribution is 2.40. The number of halogens is 2. The zero-order valence-corrected chi connectivity index (χ0v) is 13.9. The Morgan fingerprint density at radius 2 is 2.32 bits per heavy atom. The molecule has 1 aromatic rings. The monoisotopic (exact) mass is 385 g/mol. The van der Waals surface area contributed by atoms with Crippen molar-refractivity contribution in [1.29, 1.82) is 5.26 Å². The zero-order chi connectivity index (χ0) is 15.9. The highest BCUT2D eigenvalue weighted by Gasteiger charge is 2.34. The molecule has 1 N–H and O–H groups in total. The summed E-state index contributed by atoms with van der Waals surface area (Å²) in [7, 11) is 0. The largest absolute Gasteiger partial charge is 0.490 e. The first kappa shape index (κ1) is 15.4. The van der Waals surface area contributed by atoms with Crippen LogP contribution < -0.4 is 4.74 Å². The summed E-state index contributed by atoms with van der Waals surface area (Å²) in [6.45, 7) is 2.33. The lowest BCUT2D eigenvalue weighted by atomic mass is 10.1. The van der Waals surface area contributed by atoms with Crippen molar-refractivity contribution in [2.75, 3.05) is 26.2 Å². The van der Waals surface area contributed by atoms with E-state index in [0.717, 1.165) is 5.56 Å². The third-order valence-corrected chi connectivity index (χ3v) is 5.29. The fourth-order valence-corrected chi connectivity index (χ4v) is 3.50. The first-order valence-electron chi connectivity index (χ1n) is 6.77. The minimum atomic E-state index is -0.917. The average Bonchev–Trinajstić information content (AvgIpc) is 2.69. The molecular weight excluding hydrogens is 374 g/mol. The van der Waals surface area contributed by atoms with Gasteiger partial charge < -0.3 is 14.7 Å². The van der Waals surface area contributed by atoms with Gasteiger partial charge in [0.15, 0.2) is 0 Å². The fraction of sp³-hybridized carbons (Fsp3) is 0.429. The van der Waals surface area contributed by atoms with E-state index in [2.05, 4.69) is 26.9 Å². The third-order valence-electron chi connectivity index (χ3n) is 4.06. The number of nitrogens with zero attached hydrogens (tertiary/aromatic N) is 3. The van der Waals surface area contributed by atoms with E-state index in [0.29, 0.717) is 53.6 Å². The number of fused-ring (bicyclic) bond motifs is 2. The molecule has 0 radical (unpaired) electrons. The number of benzene rings is 1. The smallest absolute Gasteiger partial charge is 0.407 e. The van der Waals surface area contributed by atoms with Gasteiger partial charge in [0.05, 0.1) is 22.7 Å². The van der Waals surface area contributed by atoms with Gasteiger partial charge in [-0.1, -0.05) is 11.6 Å². The molecule has 2 aliphatic rings. The molecule has 1 aromatic carbocycles. The molecule has 116 valence electrons. The Morgan fingerprint density at radius 3 is 3.00 bits per heavy atom. The fourth-order valence-electron chi connectivity index (χ4n) is 2.86. The average molecular weight is 387 g/mol. The van der Waals surface area contributed by atoms with Crippen molar-refractivity contribution in [1.82, 2.24) is 9.80 Å². The first-order valence-corrected chi connectivity index (χ1v) is 7.94. The van der Waals surface area contributed by atoms with Crippen LogP contribution in [-0.4, -0.2) is 53.3 Å². The molecule has 1 atom stereocenters. The van der Waals surface area contributed by atoms with Crippen molar-refractivity contribution in [3.63, 3.8) is 0 Å². The van der Waals surface area contributed by atoms with Crippen molar-refractivity contribution in [3.05, 3.63) is 26.7 Å². The molecule has 0 aromatic heterocycles. The van der Waals surface area contributed by atoms with Gasteiger partial charge in [0.25, 0.3) is 0 Å². The number of piperazine rings is 1. The lowest BCUT2D eigenvalue weighted by Crippen LogP contribution is -2.55. The van der Waals surface area contributed by atoms with Gasteiger partial charge in [-0.2, -0.15) is 5.26 Å². The van der Waals surface area contributed by atoms with Gasteiger partial charge in [0, 0.05) is 36.2 Å². The minimum absolute atomic E-state index is 0.0429. The van der Waals surface area contributed by atoms with Crippen molar-refractivity contribution in [2.24, 2.45) is 0 Å².